The first-order valence-corrected chi connectivity index (χ1v) is 5.43. The highest BCUT2D eigenvalue weighted by atomic mass is 19.1. The van der Waals surface area contributed by atoms with Gasteiger partial charge in [0, 0.05) is 0 Å². The van der Waals surface area contributed by atoms with Gasteiger partial charge in [0.15, 0.2) is 0 Å². The SMILES string of the molecule is Cc1cc(C(O)C2=COCCC2)ccc1F. The minimum absolute atomic E-state index is 0.246. The van der Waals surface area contributed by atoms with Gasteiger partial charge in [-0.2, -0.15) is 0 Å². The van der Waals surface area contributed by atoms with E-state index in [1.165, 1.54) is 6.07 Å². The van der Waals surface area contributed by atoms with Crippen molar-refractivity contribution in [1.29, 1.82) is 0 Å². The van der Waals surface area contributed by atoms with E-state index in [1.807, 2.05) is 0 Å². The standard InChI is InChI=1S/C13H15FO2/c1-9-7-10(4-5-12(9)14)13(15)11-3-2-6-16-8-11/h4-5,7-8,13,15H,2-3,6H2,1H3. The second-order valence-corrected chi connectivity index (χ2v) is 4.08. The molecule has 3 heteroatoms. The second-order valence-electron chi connectivity index (χ2n) is 4.08. The van der Waals surface area contributed by atoms with Gasteiger partial charge in [-0.1, -0.05) is 12.1 Å². The predicted octanol–water partition coefficient (Wildman–Crippen LogP) is 2.86. The lowest BCUT2D eigenvalue weighted by atomic mass is 9.97. The summed E-state index contributed by atoms with van der Waals surface area (Å²) in [7, 11) is 0. The van der Waals surface area contributed by atoms with Crippen molar-refractivity contribution in [3.63, 3.8) is 0 Å². The van der Waals surface area contributed by atoms with Crippen molar-refractivity contribution in [2.45, 2.75) is 25.9 Å². The normalized spacial score (nSPS) is 17.6. The molecule has 1 unspecified atom stereocenters. The van der Waals surface area contributed by atoms with E-state index >= 15 is 0 Å². The van der Waals surface area contributed by atoms with Gasteiger partial charge in [-0.05, 0) is 42.5 Å². The van der Waals surface area contributed by atoms with Crippen molar-refractivity contribution in [1.82, 2.24) is 0 Å². The fraction of sp³-hybridized carbons (Fsp3) is 0.385. The third-order valence-corrected chi connectivity index (χ3v) is 2.81. The zero-order valence-corrected chi connectivity index (χ0v) is 9.24. The van der Waals surface area contributed by atoms with Gasteiger partial charge < -0.3 is 9.84 Å². The molecule has 86 valence electrons. The van der Waals surface area contributed by atoms with Crippen LogP contribution in [0.3, 0.4) is 0 Å². The Morgan fingerprint density at radius 3 is 2.88 bits per heavy atom. The number of halogens is 1. The molecule has 2 rings (SSSR count). The molecule has 1 N–H and O–H groups in total. The van der Waals surface area contributed by atoms with E-state index in [4.69, 9.17) is 4.74 Å². The average molecular weight is 222 g/mol. The molecule has 1 atom stereocenters. The van der Waals surface area contributed by atoms with Gasteiger partial charge in [-0.3, -0.25) is 0 Å². The molecule has 1 heterocycles. The number of aliphatic hydroxyl groups excluding tert-OH is 1. The molecule has 0 amide bonds. The molecule has 1 aliphatic rings. The summed E-state index contributed by atoms with van der Waals surface area (Å²) < 4.78 is 18.3. The number of aliphatic hydroxyl groups is 1. The first-order chi connectivity index (χ1) is 7.68. The van der Waals surface area contributed by atoms with Crippen molar-refractivity contribution in [3.05, 3.63) is 47.0 Å². The molecule has 0 aliphatic carbocycles. The van der Waals surface area contributed by atoms with Crippen LogP contribution in [0.15, 0.2) is 30.0 Å². The summed E-state index contributed by atoms with van der Waals surface area (Å²) in [5, 5.41) is 10.1. The van der Waals surface area contributed by atoms with Crippen LogP contribution in [-0.2, 0) is 4.74 Å². The Labute approximate surface area is 94.4 Å². The summed E-state index contributed by atoms with van der Waals surface area (Å²) in [5.74, 6) is -0.246. The molecule has 0 saturated heterocycles. The molecular formula is C13H15FO2. The zero-order valence-electron chi connectivity index (χ0n) is 9.24. The van der Waals surface area contributed by atoms with Crippen LogP contribution in [0.2, 0.25) is 0 Å². The molecule has 1 aromatic rings. The van der Waals surface area contributed by atoms with Crippen LogP contribution in [0.5, 0.6) is 0 Å². The number of aryl methyl sites for hydroxylation is 1. The van der Waals surface area contributed by atoms with Crippen LogP contribution >= 0.6 is 0 Å². The Kier molecular flexibility index (Phi) is 3.25. The predicted molar refractivity (Wildman–Crippen MR) is 59.4 cm³/mol. The van der Waals surface area contributed by atoms with Crippen LogP contribution < -0.4 is 0 Å². The van der Waals surface area contributed by atoms with Crippen molar-refractivity contribution >= 4 is 0 Å². The highest BCUT2D eigenvalue weighted by molar-refractivity contribution is 5.30. The van der Waals surface area contributed by atoms with Crippen molar-refractivity contribution < 1.29 is 14.2 Å². The maximum atomic E-state index is 13.1. The molecule has 1 aromatic carbocycles. The maximum Gasteiger partial charge on any atom is 0.126 e. The summed E-state index contributed by atoms with van der Waals surface area (Å²) in [6.07, 6.45) is 2.69. The van der Waals surface area contributed by atoms with Crippen LogP contribution in [-0.4, -0.2) is 11.7 Å². The van der Waals surface area contributed by atoms with Gasteiger partial charge in [0.1, 0.15) is 11.9 Å². The zero-order chi connectivity index (χ0) is 11.5. The fourth-order valence-corrected chi connectivity index (χ4v) is 1.84. The van der Waals surface area contributed by atoms with Gasteiger partial charge in [0.05, 0.1) is 12.9 Å². The number of hydrogen-bond donors (Lipinski definition) is 1. The highest BCUT2D eigenvalue weighted by Gasteiger charge is 2.16. The molecule has 16 heavy (non-hydrogen) atoms. The lowest BCUT2D eigenvalue weighted by Gasteiger charge is -2.19. The summed E-state index contributed by atoms with van der Waals surface area (Å²) in [6.45, 7) is 2.40. The number of ether oxygens (including phenoxy) is 1. The van der Waals surface area contributed by atoms with Crippen molar-refractivity contribution in [3.8, 4) is 0 Å². The van der Waals surface area contributed by atoms with E-state index in [9.17, 15) is 9.50 Å². The minimum Gasteiger partial charge on any atom is -0.501 e. The van der Waals surface area contributed by atoms with Crippen LogP contribution in [0.1, 0.15) is 30.1 Å². The van der Waals surface area contributed by atoms with Gasteiger partial charge in [-0.15, -0.1) is 0 Å². The van der Waals surface area contributed by atoms with Crippen LogP contribution in [0.25, 0.3) is 0 Å². The van der Waals surface area contributed by atoms with Gasteiger partial charge in [-0.25, -0.2) is 4.39 Å². The minimum atomic E-state index is -0.681. The lowest BCUT2D eigenvalue weighted by molar-refractivity contribution is 0.170. The van der Waals surface area contributed by atoms with Gasteiger partial charge in [0.25, 0.3) is 0 Å². The maximum absolute atomic E-state index is 13.1. The molecule has 2 nitrogen and oxygen atoms in total. The molecule has 0 aromatic heterocycles. The molecule has 0 bridgehead atoms. The second kappa shape index (κ2) is 4.66. The molecule has 1 aliphatic heterocycles. The Hall–Kier alpha value is -1.35. The van der Waals surface area contributed by atoms with Crippen molar-refractivity contribution in [2.75, 3.05) is 6.61 Å². The largest absolute Gasteiger partial charge is 0.501 e. The monoisotopic (exact) mass is 222 g/mol. The third-order valence-electron chi connectivity index (χ3n) is 2.81. The Balaban J connectivity index is 2.22. The summed E-state index contributed by atoms with van der Waals surface area (Å²) in [4.78, 5) is 0. The van der Waals surface area contributed by atoms with E-state index in [0.717, 1.165) is 24.0 Å². The van der Waals surface area contributed by atoms with Gasteiger partial charge in [0.2, 0.25) is 0 Å². The van der Waals surface area contributed by atoms with E-state index in [1.54, 1.807) is 25.3 Å². The molecule has 0 radical (unpaired) electrons. The molecule has 0 spiro atoms. The fourth-order valence-electron chi connectivity index (χ4n) is 1.84. The van der Waals surface area contributed by atoms with E-state index in [0.29, 0.717) is 12.2 Å². The lowest BCUT2D eigenvalue weighted by Crippen LogP contribution is -2.08. The summed E-state index contributed by atoms with van der Waals surface area (Å²) in [5.41, 5.74) is 2.13. The Morgan fingerprint density at radius 2 is 2.25 bits per heavy atom. The highest BCUT2D eigenvalue weighted by Crippen LogP contribution is 2.28. The van der Waals surface area contributed by atoms with E-state index in [-0.39, 0.29) is 5.82 Å². The molecular weight excluding hydrogens is 207 g/mol. The van der Waals surface area contributed by atoms with E-state index in [2.05, 4.69) is 0 Å². The van der Waals surface area contributed by atoms with Crippen LogP contribution in [0.4, 0.5) is 4.39 Å². The van der Waals surface area contributed by atoms with Gasteiger partial charge >= 0.3 is 0 Å². The topological polar surface area (TPSA) is 29.5 Å². The smallest absolute Gasteiger partial charge is 0.126 e. The third kappa shape index (κ3) is 2.25. The Bertz CT molecular complexity index is 412. The summed E-state index contributed by atoms with van der Waals surface area (Å²) >= 11 is 0. The van der Waals surface area contributed by atoms with Crippen molar-refractivity contribution in [2.24, 2.45) is 0 Å². The molecule has 0 fully saturated rings. The quantitative estimate of drug-likeness (QED) is 0.833. The summed E-state index contributed by atoms with van der Waals surface area (Å²) in [6, 6.07) is 4.68. The number of rotatable bonds is 2. The average Bonchev–Trinajstić information content (AvgIpc) is 2.33. The number of hydrogen-bond acceptors (Lipinski definition) is 2. The molecule has 0 saturated carbocycles. The first kappa shape index (κ1) is 11.1. The number of benzene rings is 1. The first-order valence-electron chi connectivity index (χ1n) is 5.43. The van der Waals surface area contributed by atoms with Crippen LogP contribution in [0, 0.1) is 12.7 Å². The Morgan fingerprint density at radius 1 is 1.44 bits per heavy atom. The van der Waals surface area contributed by atoms with E-state index < -0.39 is 6.10 Å².